The Balaban J connectivity index is 2.24. The zero-order chi connectivity index (χ0) is 15.7. The van der Waals surface area contributed by atoms with E-state index in [1.54, 1.807) is 6.07 Å². The monoisotopic (exact) mass is 314 g/mol. The normalized spacial score (nSPS) is 16.9. The summed E-state index contributed by atoms with van der Waals surface area (Å²) in [5.74, 6) is 0.141. The van der Waals surface area contributed by atoms with Crippen molar-refractivity contribution in [2.75, 3.05) is 0 Å². The van der Waals surface area contributed by atoms with Crippen LogP contribution in [0.4, 0.5) is 0 Å². The van der Waals surface area contributed by atoms with Crippen molar-refractivity contribution in [2.45, 2.75) is 25.7 Å². The van der Waals surface area contributed by atoms with Gasteiger partial charge in [0, 0.05) is 10.7 Å². The minimum Gasteiger partial charge on any atom is -0.420 e. The molecule has 112 valence electrons. The van der Waals surface area contributed by atoms with Gasteiger partial charge >= 0.3 is 0 Å². The maximum atomic E-state index is 9.53. The quantitative estimate of drug-likeness (QED) is 0.910. The summed E-state index contributed by atoms with van der Waals surface area (Å²) in [6.07, 6.45) is 1.76. The molecular weight excluding hydrogens is 300 g/mol. The van der Waals surface area contributed by atoms with Gasteiger partial charge in [0.05, 0.1) is 11.5 Å². The highest BCUT2D eigenvalue weighted by atomic mass is 35.5. The third-order valence-corrected chi connectivity index (χ3v) is 4.08. The van der Waals surface area contributed by atoms with E-state index < -0.39 is 0 Å². The molecule has 22 heavy (non-hydrogen) atoms. The number of benzene rings is 1. The van der Waals surface area contributed by atoms with Gasteiger partial charge < -0.3 is 10.5 Å². The minimum atomic E-state index is -0.359. The zero-order valence-corrected chi connectivity index (χ0v) is 12.8. The number of nitrogens with one attached hydrogen (secondary N) is 1. The number of aromatic nitrogens is 2. The van der Waals surface area contributed by atoms with Crippen LogP contribution in [0.25, 0.3) is 0 Å². The topological polar surface area (TPSA) is 87.7 Å². The Morgan fingerprint density at radius 3 is 2.91 bits per heavy atom. The molecule has 0 spiro atoms. The minimum absolute atomic E-state index is 0.0782. The molecule has 3 N–H and O–H groups in total. The van der Waals surface area contributed by atoms with Gasteiger partial charge in [0.25, 0.3) is 0 Å². The lowest BCUT2D eigenvalue weighted by Gasteiger charge is -2.24. The molecule has 6 heteroatoms. The van der Waals surface area contributed by atoms with Crippen LogP contribution >= 0.6 is 11.6 Å². The van der Waals surface area contributed by atoms with Crippen LogP contribution < -0.4 is 10.5 Å². The molecule has 0 aliphatic carbocycles. The van der Waals surface area contributed by atoms with Gasteiger partial charge in [-0.25, -0.2) is 0 Å². The van der Waals surface area contributed by atoms with E-state index in [1.807, 2.05) is 18.2 Å². The number of allylic oxidation sites excluding steroid dienone is 1. The molecule has 0 bridgehead atoms. The fraction of sp³-hybridized carbons (Fsp3) is 0.250. The molecule has 3 rings (SSSR count). The molecule has 5 nitrogen and oxygen atoms in total. The number of aromatic amines is 1. The van der Waals surface area contributed by atoms with Gasteiger partial charge in [-0.05, 0) is 18.1 Å². The maximum absolute atomic E-state index is 9.53. The number of aryl methyl sites for hydroxylation is 1. The van der Waals surface area contributed by atoms with Gasteiger partial charge in [0.15, 0.2) is 0 Å². The summed E-state index contributed by atoms with van der Waals surface area (Å²) in [7, 11) is 0. The van der Waals surface area contributed by atoms with Crippen LogP contribution in [0, 0.1) is 11.3 Å². The molecule has 1 aliphatic heterocycles. The predicted molar refractivity (Wildman–Crippen MR) is 83.3 cm³/mol. The van der Waals surface area contributed by atoms with Crippen molar-refractivity contribution in [3.8, 4) is 11.9 Å². The second-order valence-electron chi connectivity index (χ2n) is 5.12. The summed E-state index contributed by atoms with van der Waals surface area (Å²) in [4.78, 5) is 0. The largest absolute Gasteiger partial charge is 0.420 e. The lowest BCUT2D eigenvalue weighted by molar-refractivity contribution is 0.378. The summed E-state index contributed by atoms with van der Waals surface area (Å²) >= 11 is 6.35. The van der Waals surface area contributed by atoms with E-state index in [0.29, 0.717) is 16.5 Å². The molecule has 2 aromatic rings. The van der Waals surface area contributed by atoms with Gasteiger partial charge in [-0.3, -0.25) is 5.10 Å². The summed E-state index contributed by atoms with van der Waals surface area (Å²) in [5.41, 5.74) is 8.88. The van der Waals surface area contributed by atoms with Crippen molar-refractivity contribution in [1.29, 1.82) is 5.26 Å². The summed E-state index contributed by atoms with van der Waals surface area (Å²) < 4.78 is 5.50. The number of H-pyrrole nitrogens is 1. The number of ether oxygens (including phenoxy) is 1. The smallest absolute Gasteiger partial charge is 0.244 e. The molecule has 0 amide bonds. The van der Waals surface area contributed by atoms with Gasteiger partial charge in [-0.15, -0.1) is 5.10 Å². The Kier molecular flexibility index (Phi) is 3.78. The first kappa shape index (κ1) is 14.5. The lowest BCUT2D eigenvalue weighted by Crippen LogP contribution is -2.21. The lowest BCUT2D eigenvalue weighted by atomic mass is 9.83. The van der Waals surface area contributed by atoms with Crippen LogP contribution in [0.2, 0.25) is 5.02 Å². The second-order valence-corrected chi connectivity index (χ2v) is 5.52. The van der Waals surface area contributed by atoms with Crippen molar-refractivity contribution >= 4 is 11.6 Å². The fourth-order valence-corrected chi connectivity index (χ4v) is 3.01. The van der Waals surface area contributed by atoms with Crippen LogP contribution in [0.15, 0.2) is 35.7 Å². The van der Waals surface area contributed by atoms with Crippen LogP contribution in [-0.2, 0) is 6.42 Å². The number of hydrogen-bond donors (Lipinski definition) is 2. The molecule has 1 atom stereocenters. The Bertz CT molecular complexity index is 788. The van der Waals surface area contributed by atoms with Crippen molar-refractivity contribution in [3.63, 3.8) is 0 Å². The van der Waals surface area contributed by atoms with E-state index in [0.717, 1.165) is 29.7 Å². The number of nitriles is 1. The van der Waals surface area contributed by atoms with Gasteiger partial charge in [0.2, 0.25) is 11.8 Å². The first-order chi connectivity index (χ1) is 10.7. The molecule has 1 aromatic heterocycles. The standard InChI is InChI=1S/C16H15ClN4O/c1-2-5-12-14-13(9-6-3-4-7-11(9)17)10(8-18)15(19)22-16(14)21-20-12/h3-4,6-7,13H,2,5,19H2,1H3,(H,20,21)/t13-/m0/s1. The first-order valence-corrected chi connectivity index (χ1v) is 7.44. The van der Waals surface area contributed by atoms with E-state index in [2.05, 4.69) is 23.2 Å². The molecular formula is C16H15ClN4O. The van der Waals surface area contributed by atoms with Gasteiger partial charge in [-0.2, -0.15) is 5.26 Å². The Labute approximate surface area is 133 Å². The van der Waals surface area contributed by atoms with Gasteiger partial charge in [-0.1, -0.05) is 43.1 Å². The van der Waals surface area contributed by atoms with E-state index in [1.165, 1.54) is 0 Å². The van der Waals surface area contributed by atoms with Gasteiger partial charge in [0.1, 0.15) is 11.6 Å². The Hall–Kier alpha value is -2.45. The number of hydrogen-bond acceptors (Lipinski definition) is 4. The molecule has 0 radical (unpaired) electrons. The number of halogens is 1. The first-order valence-electron chi connectivity index (χ1n) is 7.06. The fourth-order valence-electron chi connectivity index (χ4n) is 2.77. The van der Waals surface area contributed by atoms with Crippen molar-refractivity contribution in [3.05, 3.63) is 57.6 Å². The third-order valence-electron chi connectivity index (χ3n) is 3.73. The van der Waals surface area contributed by atoms with Crippen molar-refractivity contribution in [1.82, 2.24) is 10.2 Å². The van der Waals surface area contributed by atoms with E-state index in [-0.39, 0.29) is 11.8 Å². The molecule has 1 aromatic carbocycles. The SMILES string of the molecule is CCCc1[nH]nc2c1[C@@H](c1ccccc1Cl)C(C#N)=C(N)O2. The van der Waals surface area contributed by atoms with Crippen LogP contribution in [0.1, 0.15) is 36.1 Å². The van der Waals surface area contributed by atoms with Crippen molar-refractivity contribution < 1.29 is 4.74 Å². The Morgan fingerprint density at radius 1 is 1.45 bits per heavy atom. The molecule has 2 heterocycles. The summed E-state index contributed by atoms with van der Waals surface area (Å²) in [6.45, 7) is 2.08. The van der Waals surface area contributed by atoms with E-state index >= 15 is 0 Å². The van der Waals surface area contributed by atoms with E-state index in [9.17, 15) is 5.26 Å². The third kappa shape index (κ3) is 2.22. The predicted octanol–water partition coefficient (Wildman–Crippen LogP) is 3.23. The molecule has 0 saturated carbocycles. The highest BCUT2D eigenvalue weighted by Crippen LogP contribution is 2.44. The number of nitrogens with zero attached hydrogens (tertiary/aromatic N) is 2. The number of rotatable bonds is 3. The highest BCUT2D eigenvalue weighted by molar-refractivity contribution is 6.31. The average Bonchev–Trinajstić information content (AvgIpc) is 2.89. The number of fused-ring (bicyclic) bond motifs is 1. The van der Waals surface area contributed by atoms with Crippen LogP contribution in [0.5, 0.6) is 5.88 Å². The van der Waals surface area contributed by atoms with Crippen molar-refractivity contribution in [2.24, 2.45) is 5.73 Å². The number of nitrogens with two attached hydrogens (primary N) is 1. The Morgan fingerprint density at radius 2 is 2.23 bits per heavy atom. The second kappa shape index (κ2) is 5.74. The average molecular weight is 315 g/mol. The zero-order valence-electron chi connectivity index (χ0n) is 12.1. The molecule has 1 aliphatic rings. The summed E-state index contributed by atoms with van der Waals surface area (Å²) in [5, 5.41) is 17.3. The van der Waals surface area contributed by atoms with Crippen LogP contribution in [0.3, 0.4) is 0 Å². The summed E-state index contributed by atoms with van der Waals surface area (Å²) in [6, 6.07) is 9.60. The maximum Gasteiger partial charge on any atom is 0.244 e. The molecule has 0 fully saturated rings. The molecule has 0 unspecified atom stereocenters. The van der Waals surface area contributed by atoms with Crippen LogP contribution in [-0.4, -0.2) is 10.2 Å². The molecule has 0 saturated heterocycles. The van der Waals surface area contributed by atoms with E-state index in [4.69, 9.17) is 22.1 Å². The highest BCUT2D eigenvalue weighted by Gasteiger charge is 2.35.